The Morgan fingerprint density at radius 3 is 2.42 bits per heavy atom. The number of nitrogens with zero attached hydrogens (tertiary/aromatic N) is 3. The second-order valence-electron chi connectivity index (χ2n) is 5.46. The number of hydrogen-bond donors (Lipinski definition) is 2. The summed E-state index contributed by atoms with van der Waals surface area (Å²) < 4.78 is 0. The molecule has 0 bridgehead atoms. The van der Waals surface area contributed by atoms with Crippen LogP contribution in [0.2, 0.25) is 0 Å². The van der Waals surface area contributed by atoms with Gasteiger partial charge in [-0.3, -0.25) is 0 Å². The van der Waals surface area contributed by atoms with E-state index in [-0.39, 0.29) is 18.1 Å². The molecule has 1 fully saturated rings. The van der Waals surface area contributed by atoms with E-state index in [9.17, 15) is 10.2 Å². The Bertz CT molecular complexity index is 534. The molecule has 19 heavy (non-hydrogen) atoms. The summed E-state index contributed by atoms with van der Waals surface area (Å²) in [6.07, 6.45) is 1.49. The van der Waals surface area contributed by atoms with Crippen molar-refractivity contribution in [1.82, 2.24) is 15.0 Å². The highest BCUT2D eigenvalue weighted by Crippen LogP contribution is 2.34. The Labute approximate surface area is 111 Å². The molecule has 0 amide bonds. The molecule has 1 aliphatic carbocycles. The van der Waals surface area contributed by atoms with Gasteiger partial charge in [-0.2, -0.15) is 15.0 Å². The lowest BCUT2D eigenvalue weighted by Gasteiger charge is -2.33. The van der Waals surface area contributed by atoms with Crippen LogP contribution in [0.15, 0.2) is 24.3 Å². The van der Waals surface area contributed by atoms with E-state index in [4.69, 9.17) is 0 Å². The molecule has 3 rings (SSSR count). The normalized spacial score (nSPS) is 29.5. The van der Waals surface area contributed by atoms with Gasteiger partial charge >= 0.3 is 0 Å². The minimum absolute atomic E-state index is 0.138. The largest absolute Gasteiger partial charge is 0.393 e. The predicted octanol–water partition coefficient (Wildman–Crippen LogP) is 1.51. The fourth-order valence-corrected chi connectivity index (χ4v) is 2.87. The van der Waals surface area contributed by atoms with Crippen molar-refractivity contribution in [3.8, 4) is 0 Å². The summed E-state index contributed by atoms with van der Waals surface area (Å²) in [5.41, 5.74) is 1.68. The third-order valence-electron chi connectivity index (χ3n) is 4.10. The van der Waals surface area contributed by atoms with E-state index >= 15 is 0 Å². The molecule has 5 heteroatoms. The van der Waals surface area contributed by atoms with Crippen molar-refractivity contribution >= 4 is 11.0 Å². The fraction of sp³-hybridized carbons (Fsp3) is 0.571. The molecule has 0 saturated heterocycles. The number of hydrogen-bond acceptors (Lipinski definition) is 4. The van der Waals surface area contributed by atoms with Crippen molar-refractivity contribution in [2.24, 2.45) is 5.92 Å². The molecule has 0 radical (unpaired) electrons. The minimum Gasteiger partial charge on any atom is -0.393 e. The molecule has 1 saturated carbocycles. The van der Waals surface area contributed by atoms with Crippen molar-refractivity contribution in [3.05, 3.63) is 24.3 Å². The maximum atomic E-state index is 10.2. The first-order valence-corrected chi connectivity index (χ1v) is 6.83. The third kappa shape index (κ3) is 2.35. The molecule has 1 aliphatic rings. The van der Waals surface area contributed by atoms with E-state index in [1.165, 1.54) is 0 Å². The average molecular weight is 261 g/mol. The highest BCUT2D eigenvalue weighted by atomic mass is 16.3. The maximum absolute atomic E-state index is 10.2. The third-order valence-corrected chi connectivity index (χ3v) is 4.10. The number of aromatic nitrogens is 3. The zero-order valence-corrected chi connectivity index (χ0v) is 11.0. The van der Waals surface area contributed by atoms with Crippen LogP contribution in [-0.4, -0.2) is 37.4 Å². The van der Waals surface area contributed by atoms with Crippen molar-refractivity contribution in [3.63, 3.8) is 0 Å². The first kappa shape index (κ1) is 12.6. The first-order chi connectivity index (χ1) is 9.15. The van der Waals surface area contributed by atoms with Crippen molar-refractivity contribution in [2.75, 3.05) is 0 Å². The Hall–Kier alpha value is -1.46. The summed E-state index contributed by atoms with van der Waals surface area (Å²) in [6, 6.07) is 7.55. The quantitative estimate of drug-likeness (QED) is 0.859. The molecule has 0 spiro atoms. The Morgan fingerprint density at radius 2 is 1.84 bits per heavy atom. The summed E-state index contributed by atoms with van der Waals surface area (Å²) in [7, 11) is 0. The van der Waals surface area contributed by atoms with Crippen LogP contribution in [0.3, 0.4) is 0 Å². The van der Waals surface area contributed by atoms with E-state index in [0.29, 0.717) is 6.42 Å². The van der Waals surface area contributed by atoms with E-state index < -0.39 is 6.10 Å². The average Bonchev–Trinajstić information content (AvgIpc) is 2.82. The van der Waals surface area contributed by atoms with Crippen molar-refractivity contribution in [2.45, 2.75) is 44.4 Å². The molecule has 5 nitrogen and oxygen atoms in total. The molecule has 1 aromatic heterocycles. The van der Waals surface area contributed by atoms with Crippen molar-refractivity contribution < 1.29 is 10.2 Å². The van der Waals surface area contributed by atoms with Gasteiger partial charge in [0.05, 0.1) is 18.2 Å². The van der Waals surface area contributed by atoms with Gasteiger partial charge in [-0.1, -0.05) is 12.1 Å². The molecular weight excluding hydrogens is 242 g/mol. The Morgan fingerprint density at radius 1 is 1.21 bits per heavy atom. The van der Waals surface area contributed by atoms with Gasteiger partial charge in [-0.25, -0.2) is 0 Å². The first-order valence-electron chi connectivity index (χ1n) is 6.83. The zero-order chi connectivity index (χ0) is 13.4. The van der Waals surface area contributed by atoms with Gasteiger partial charge in [0.2, 0.25) is 0 Å². The van der Waals surface area contributed by atoms with Gasteiger partial charge < -0.3 is 10.2 Å². The molecule has 4 atom stereocenters. The second kappa shape index (κ2) is 4.90. The Balaban J connectivity index is 1.90. The molecule has 1 heterocycles. The maximum Gasteiger partial charge on any atom is 0.113 e. The summed E-state index contributed by atoms with van der Waals surface area (Å²) in [6.45, 7) is 1.81. The van der Waals surface area contributed by atoms with Crippen LogP contribution in [0.5, 0.6) is 0 Å². The molecule has 4 unspecified atom stereocenters. The van der Waals surface area contributed by atoms with E-state index in [0.717, 1.165) is 23.9 Å². The summed E-state index contributed by atoms with van der Waals surface area (Å²) >= 11 is 0. The highest BCUT2D eigenvalue weighted by Gasteiger charge is 2.33. The predicted molar refractivity (Wildman–Crippen MR) is 71.6 cm³/mol. The van der Waals surface area contributed by atoms with Crippen LogP contribution in [0, 0.1) is 5.92 Å². The van der Waals surface area contributed by atoms with E-state index in [2.05, 4.69) is 10.2 Å². The lowest BCUT2D eigenvalue weighted by atomic mass is 9.81. The van der Waals surface area contributed by atoms with Gasteiger partial charge in [0.1, 0.15) is 11.0 Å². The standard InChI is InChI=1S/C14H19N3O2/c1-9(18)10-6-7-14(19)13(8-10)17-15-11-4-2-3-5-12(11)16-17/h2-5,9-10,13-14,18-19H,6-8H2,1H3. The molecule has 102 valence electrons. The smallest absolute Gasteiger partial charge is 0.113 e. The molecule has 2 N–H and O–H groups in total. The summed E-state index contributed by atoms with van der Waals surface area (Å²) in [4.78, 5) is 1.63. The van der Waals surface area contributed by atoms with Crippen LogP contribution >= 0.6 is 0 Å². The van der Waals surface area contributed by atoms with Crippen molar-refractivity contribution in [1.29, 1.82) is 0 Å². The monoisotopic (exact) mass is 261 g/mol. The summed E-state index contributed by atoms with van der Waals surface area (Å²) in [5.74, 6) is 0.211. The highest BCUT2D eigenvalue weighted by molar-refractivity contribution is 5.72. The SMILES string of the molecule is CC(O)C1CCC(O)C(n2nc3ccccc3n2)C1. The van der Waals surface area contributed by atoms with Gasteiger partial charge in [0.25, 0.3) is 0 Å². The zero-order valence-electron chi connectivity index (χ0n) is 11.0. The van der Waals surface area contributed by atoms with Gasteiger partial charge in [0.15, 0.2) is 0 Å². The van der Waals surface area contributed by atoms with E-state index in [1.807, 2.05) is 31.2 Å². The Kier molecular flexibility index (Phi) is 3.24. The lowest BCUT2D eigenvalue weighted by Crippen LogP contribution is -2.36. The molecule has 2 aromatic rings. The number of rotatable bonds is 2. The number of benzene rings is 1. The second-order valence-corrected chi connectivity index (χ2v) is 5.46. The van der Waals surface area contributed by atoms with Crippen LogP contribution < -0.4 is 0 Å². The number of fused-ring (bicyclic) bond motifs is 1. The molecule has 0 aliphatic heterocycles. The fourth-order valence-electron chi connectivity index (χ4n) is 2.87. The molecule has 1 aromatic carbocycles. The van der Waals surface area contributed by atoms with Crippen LogP contribution in [-0.2, 0) is 0 Å². The van der Waals surface area contributed by atoms with Gasteiger partial charge in [0, 0.05) is 0 Å². The van der Waals surface area contributed by atoms with Gasteiger partial charge in [-0.05, 0) is 44.2 Å². The van der Waals surface area contributed by atoms with Crippen LogP contribution in [0.25, 0.3) is 11.0 Å². The van der Waals surface area contributed by atoms with Crippen LogP contribution in [0.4, 0.5) is 0 Å². The minimum atomic E-state index is -0.434. The molecular formula is C14H19N3O2. The van der Waals surface area contributed by atoms with Gasteiger partial charge in [-0.15, -0.1) is 0 Å². The van der Waals surface area contributed by atoms with E-state index in [1.54, 1.807) is 4.80 Å². The van der Waals surface area contributed by atoms with Crippen LogP contribution in [0.1, 0.15) is 32.2 Å². The lowest BCUT2D eigenvalue weighted by molar-refractivity contribution is 0.00593. The summed E-state index contributed by atoms with van der Waals surface area (Å²) in [5, 5.41) is 28.8. The number of aliphatic hydroxyl groups is 2. The topological polar surface area (TPSA) is 71.2 Å². The number of aliphatic hydroxyl groups excluding tert-OH is 2.